The summed E-state index contributed by atoms with van der Waals surface area (Å²) in [4.78, 5) is 11.9. The lowest BCUT2D eigenvalue weighted by atomic mass is 9.46. The minimum atomic E-state index is -1.15. The van der Waals surface area contributed by atoms with Crippen molar-refractivity contribution in [3.8, 4) is 0 Å². The van der Waals surface area contributed by atoms with Gasteiger partial charge in [0.1, 0.15) is 6.10 Å². The smallest absolute Gasteiger partial charge is 0.303 e. The van der Waals surface area contributed by atoms with Gasteiger partial charge in [-0.2, -0.15) is 0 Å². The maximum absolute atomic E-state index is 11.9. The zero-order chi connectivity index (χ0) is 32.7. The normalized spacial score (nSPS) is 50.3. The van der Waals surface area contributed by atoms with Gasteiger partial charge < -0.3 is 34.3 Å². The van der Waals surface area contributed by atoms with E-state index in [1.54, 1.807) is 13.8 Å². The summed E-state index contributed by atoms with van der Waals surface area (Å²) in [6, 6.07) is 0. The van der Waals surface area contributed by atoms with Crippen molar-refractivity contribution >= 4 is 5.97 Å². The van der Waals surface area contributed by atoms with Gasteiger partial charge in [0.2, 0.25) is 0 Å². The van der Waals surface area contributed by atoms with Gasteiger partial charge in [-0.1, -0.05) is 34.6 Å². The van der Waals surface area contributed by atoms with Crippen LogP contribution < -0.4 is 0 Å². The predicted molar refractivity (Wildman–Crippen MR) is 170 cm³/mol. The number of hydrogen-bond donors (Lipinski definition) is 3. The van der Waals surface area contributed by atoms with E-state index < -0.39 is 30.2 Å². The second kappa shape index (κ2) is 11.7. The van der Waals surface area contributed by atoms with E-state index >= 15 is 0 Å². The maximum atomic E-state index is 11.9. The average Bonchev–Trinajstić information content (AvgIpc) is 3.55. The predicted octanol–water partition coefficient (Wildman–Crippen LogP) is 5.78. The van der Waals surface area contributed by atoms with E-state index in [1.807, 2.05) is 13.8 Å². The summed E-state index contributed by atoms with van der Waals surface area (Å²) in [5, 5.41) is 31.0. The molecule has 0 aromatic heterocycles. The van der Waals surface area contributed by atoms with Gasteiger partial charge in [-0.25, -0.2) is 0 Å². The molecule has 0 bridgehead atoms. The molecular formula is C37H62O8. The Kier molecular flexibility index (Phi) is 8.86. The number of aliphatic hydroxyl groups excluding tert-OH is 2. The van der Waals surface area contributed by atoms with Crippen LogP contribution in [0.25, 0.3) is 0 Å². The Hall–Kier alpha value is -0.770. The molecule has 0 amide bonds. The van der Waals surface area contributed by atoms with Gasteiger partial charge in [0.15, 0.2) is 12.4 Å². The van der Waals surface area contributed by atoms with Crippen molar-refractivity contribution in [2.75, 3.05) is 6.61 Å². The van der Waals surface area contributed by atoms with E-state index in [4.69, 9.17) is 18.9 Å². The first-order valence-corrected chi connectivity index (χ1v) is 18.3. The Morgan fingerprint density at radius 3 is 2.27 bits per heavy atom. The van der Waals surface area contributed by atoms with Crippen LogP contribution in [0.1, 0.15) is 126 Å². The number of aliphatic hydroxyl groups is 3. The molecule has 5 aliphatic carbocycles. The van der Waals surface area contributed by atoms with Crippen LogP contribution in [-0.4, -0.2) is 76.4 Å². The number of ether oxygens (including phenoxy) is 4. The molecule has 0 aromatic rings. The molecule has 8 heteroatoms. The van der Waals surface area contributed by atoms with Gasteiger partial charge in [-0.05, 0) is 123 Å². The van der Waals surface area contributed by atoms with Crippen molar-refractivity contribution in [1.29, 1.82) is 0 Å². The highest BCUT2D eigenvalue weighted by Gasteiger charge is 2.80. The van der Waals surface area contributed by atoms with Gasteiger partial charge in [0.05, 0.1) is 36.6 Å². The van der Waals surface area contributed by atoms with Crippen LogP contribution in [0.2, 0.25) is 0 Å². The van der Waals surface area contributed by atoms with E-state index in [-0.39, 0.29) is 41.7 Å². The quantitative estimate of drug-likeness (QED) is 0.258. The molecule has 7 fully saturated rings. The molecule has 14 atom stereocenters. The molecule has 7 rings (SSSR count). The first kappa shape index (κ1) is 34.1. The molecule has 258 valence electrons. The molecule has 5 saturated carbocycles. The fourth-order valence-electron chi connectivity index (χ4n) is 12.6. The first-order valence-electron chi connectivity index (χ1n) is 18.3. The van der Waals surface area contributed by atoms with E-state index in [1.165, 1.54) is 45.4 Å². The minimum absolute atomic E-state index is 0.0284. The largest absolute Gasteiger partial charge is 0.457 e. The third-order valence-corrected chi connectivity index (χ3v) is 14.5. The summed E-state index contributed by atoms with van der Waals surface area (Å²) < 4.78 is 24.8. The van der Waals surface area contributed by atoms with Gasteiger partial charge >= 0.3 is 5.97 Å². The molecule has 45 heavy (non-hydrogen) atoms. The van der Waals surface area contributed by atoms with Gasteiger partial charge in [0.25, 0.3) is 0 Å². The fourth-order valence-corrected chi connectivity index (χ4v) is 12.6. The Morgan fingerprint density at radius 1 is 0.889 bits per heavy atom. The molecule has 8 nitrogen and oxygen atoms in total. The average molecular weight is 635 g/mol. The van der Waals surface area contributed by atoms with Crippen LogP contribution in [0.15, 0.2) is 0 Å². The van der Waals surface area contributed by atoms with E-state index in [2.05, 4.69) is 20.8 Å². The lowest BCUT2D eigenvalue weighted by Crippen LogP contribution is -2.56. The van der Waals surface area contributed by atoms with Crippen LogP contribution in [0.3, 0.4) is 0 Å². The molecule has 7 aliphatic rings. The fraction of sp³-hybridized carbons (Fsp3) is 0.973. The van der Waals surface area contributed by atoms with E-state index in [0.717, 1.165) is 31.6 Å². The molecule has 0 aromatic carbocycles. The Balaban J connectivity index is 0.00000175. The number of fused-ring (bicyclic) bond motifs is 4. The highest BCUT2D eigenvalue weighted by molar-refractivity contribution is 5.66. The third kappa shape index (κ3) is 5.26. The van der Waals surface area contributed by atoms with E-state index in [9.17, 15) is 20.1 Å². The molecule has 2 spiro atoms. The second-order valence-electron chi connectivity index (χ2n) is 17.3. The molecular weight excluding hydrogens is 572 g/mol. The Bertz CT molecular complexity index is 1100. The Labute approximate surface area is 271 Å². The zero-order valence-electron chi connectivity index (χ0n) is 29.2. The summed E-state index contributed by atoms with van der Waals surface area (Å²) in [6.07, 6.45) is 9.32. The SMILES string of the molecule is CC.CC(=O)O[C@@H](C1CC[C@H]2C(CC3C4CCC5C(C)(C)[C@@H](OC6C[C@@H](O)C(O)CO6)CCC56C[C@@]46CC[C@@]32C)O1)C(C)(C)O. The maximum Gasteiger partial charge on any atom is 0.303 e. The summed E-state index contributed by atoms with van der Waals surface area (Å²) in [5.74, 6) is 2.18. The number of carbonyl (C=O) groups is 1. The summed E-state index contributed by atoms with van der Waals surface area (Å²) in [7, 11) is 0. The monoisotopic (exact) mass is 634 g/mol. The van der Waals surface area contributed by atoms with Crippen molar-refractivity contribution < 1.29 is 39.1 Å². The van der Waals surface area contributed by atoms with Gasteiger partial charge in [0, 0.05) is 13.3 Å². The van der Waals surface area contributed by atoms with E-state index in [0.29, 0.717) is 35.0 Å². The van der Waals surface area contributed by atoms with Gasteiger partial charge in [-0.15, -0.1) is 0 Å². The minimum Gasteiger partial charge on any atom is -0.457 e. The molecule has 2 aliphatic heterocycles. The highest BCUT2D eigenvalue weighted by Crippen LogP contribution is 2.87. The Morgan fingerprint density at radius 2 is 1.60 bits per heavy atom. The van der Waals surface area contributed by atoms with Crippen molar-refractivity contribution in [3.63, 3.8) is 0 Å². The van der Waals surface area contributed by atoms with Crippen LogP contribution in [0.5, 0.6) is 0 Å². The standard InChI is InChI=1S/C35H56O8.C2H6/c1-19(36)41-30(32(4,5)39)25-9-7-21-26(42-25)15-22-20-8-10-27-31(2,3)28(43-29-16-23(37)24(38)17-40-29)11-12-35(27)18-34(20,35)14-13-33(21,22)6;1-2/h20-30,37-39H,7-18H2,1-6H3;1-2H3/t20?,21-,22?,23+,24?,25?,26?,27?,28-,29?,30-,33+,34-,35?;/m0./s1. The third-order valence-electron chi connectivity index (χ3n) is 14.5. The summed E-state index contributed by atoms with van der Waals surface area (Å²) >= 11 is 0. The first-order chi connectivity index (χ1) is 21.1. The van der Waals surface area contributed by atoms with Crippen LogP contribution >= 0.6 is 0 Å². The molecule has 0 radical (unpaired) electrons. The molecule has 3 N–H and O–H groups in total. The molecule has 2 heterocycles. The summed E-state index contributed by atoms with van der Waals surface area (Å²) in [6.45, 7) is 16.4. The molecule has 8 unspecified atom stereocenters. The number of carbonyl (C=O) groups excluding carboxylic acids is 1. The summed E-state index contributed by atoms with van der Waals surface area (Å²) in [5.41, 5.74) is 0.00131. The topological polar surface area (TPSA) is 115 Å². The number of rotatable bonds is 5. The van der Waals surface area contributed by atoms with Crippen molar-refractivity contribution in [3.05, 3.63) is 0 Å². The molecule has 2 saturated heterocycles. The van der Waals surface area contributed by atoms with Crippen molar-refractivity contribution in [2.45, 2.75) is 175 Å². The zero-order valence-corrected chi connectivity index (χ0v) is 29.2. The lowest BCUT2D eigenvalue weighted by molar-refractivity contribution is -0.264. The highest BCUT2D eigenvalue weighted by atomic mass is 16.7. The van der Waals surface area contributed by atoms with Crippen LogP contribution in [-0.2, 0) is 23.7 Å². The van der Waals surface area contributed by atoms with Crippen LogP contribution in [0, 0.1) is 45.3 Å². The second-order valence-corrected chi connectivity index (χ2v) is 17.3. The van der Waals surface area contributed by atoms with Crippen molar-refractivity contribution in [1.82, 2.24) is 0 Å². The van der Waals surface area contributed by atoms with Crippen molar-refractivity contribution in [2.24, 2.45) is 45.3 Å². The lowest BCUT2D eigenvalue weighted by Gasteiger charge is -2.60. The van der Waals surface area contributed by atoms with Crippen LogP contribution in [0.4, 0.5) is 0 Å². The number of esters is 1. The van der Waals surface area contributed by atoms with Gasteiger partial charge in [-0.3, -0.25) is 4.79 Å². The number of hydrogen-bond acceptors (Lipinski definition) is 8.